The van der Waals surface area contributed by atoms with Crippen molar-refractivity contribution in [2.75, 3.05) is 12.4 Å². The first kappa shape index (κ1) is 15.7. The van der Waals surface area contributed by atoms with Gasteiger partial charge < -0.3 is 14.5 Å². The number of halogens is 1. The molecule has 0 saturated carbocycles. The zero-order valence-corrected chi connectivity index (χ0v) is 12.8. The Kier molecular flexibility index (Phi) is 4.51. The molecule has 24 heavy (non-hydrogen) atoms. The molecule has 6 nitrogen and oxygen atoms in total. The minimum Gasteiger partial charge on any atom is -0.496 e. The molecule has 0 aliphatic rings. The van der Waals surface area contributed by atoms with E-state index in [2.05, 4.69) is 15.3 Å². The molecule has 0 radical (unpaired) electrons. The van der Waals surface area contributed by atoms with E-state index in [-0.39, 0.29) is 12.3 Å². The first-order chi connectivity index (χ1) is 11.7. The minimum atomic E-state index is -0.409. The summed E-state index contributed by atoms with van der Waals surface area (Å²) >= 11 is 0. The van der Waals surface area contributed by atoms with E-state index in [1.165, 1.54) is 37.9 Å². The number of benzene rings is 1. The molecule has 1 aromatic carbocycles. The molecule has 0 spiro atoms. The van der Waals surface area contributed by atoms with Gasteiger partial charge >= 0.3 is 0 Å². The van der Waals surface area contributed by atoms with Gasteiger partial charge in [0.1, 0.15) is 29.5 Å². The van der Waals surface area contributed by atoms with Crippen LogP contribution in [-0.4, -0.2) is 23.0 Å². The average Bonchev–Trinajstić information content (AvgIpc) is 3.08. The van der Waals surface area contributed by atoms with Gasteiger partial charge in [-0.05, 0) is 30.3 Å². The summed E-state index contributed by atoms with van der Waals surface area (Å²) in [6, 6.07) is 9.11. The average molecular weight is 327 g/mol. The van der Waals surface area contributed by atoms with Crippen molar-refractivity contribution < 1.29 is 18.3 Å². The summed E-state index contributed by atoms with van der Waals surface area (Å²) in [5.41, 5.74) is 0.913. The summed E-state index contributed by atoms with van der Waals surface area (Å²) in [4.78, 5) is 20.1. The van der Waals surface area contributed by atoms with Crippen LogP contribution in [0.4, 0.5) is 10.2 Å². The maximum atomic E-state index is 13.5. The van der Waals surface area contributed by atoms with Crippen molar-refractivity contribution in [3.8, 4) is 17.0 Å². The van der Waals surface area contributed by atoms with Gasteiger partial charge in [-0.25, -0.2) is 14.4 Å². The van der Waals surface area contributed by atoms with Crippen LogP contribution in [0.15, 0.2) is 53.4 Å². The van der Waals surface area contributed by atoms with Crippen molar-refractivity contribution in [2.45, 2.75) is 6.42 Å². The largest absolute Gasteiger partial charge is 0.496 e. The Hall–Kier alpha value is -3.22. The molecule has 0 saturated heterocycles. The number of anilines is 1. The molecule has 7 heteroatoms. The summed E-state index contributed by atoms with van der Waals surface area (Å²) in [7, 11) is 1.49. The Morgan fingerprint density at radius 1 is 1.29 bits per heavy atom. The van der Waals surface area contributed by atoms with Gasteiger partial charge in [-0.3, -0.25) is 4.79 Å². The first-order valence-electron chi connectivity index (χ1n) is 7.14. The number of nitrogens with zero attached hydrogens (tertiary/aromatic N) is 2. The Morgan fingerprint density at radius 2 is 2.17 bits per heavy atom. The van der Waals surface area contributed by atoms with Crippen molar-refractivity contribution in [1.82, 2.24) is 9.97 Å². The lowest BCUT2D eigenvalue weighted by molar-refractivity contribution is -0.115. The first-order valence-corrected chi connectivity index (χ1v) is 7.14. The van der Waals surface area contributed by atoms with Gasteiger partial charge in [0.2, 0.25) is 5.91 Å². The van der Waals surface area contributed by atoms with Crippen molar-refractivity contribution in [3.63, 3.8) is 0 Å². The van der Waals surface area contributed by atoms with E-state index in [4.69, 9.17) is 9.15 Å². The molecule has 0 aliphatic carbocycles. The number of amides is 1. The van der Waals surface area contributed by atoms with Crippen molar-refractivity contribution >= 4 is 11.7 Å². The number of hydrogen-bond donors (Lipinski definition) is 1. The van der Waals surface area contributed by atoms with E-state index in [1.54, 1.807) is 18.2 Å². The highest BCUT2D eigenvalue weighted by atomic mass is 19.1. The molecule has 0 atom stereocenters. The second-order valence-electron chi connectivity index (χ2n) is 4.94. The SMILES string of the molecule is COc1ccc(F)cc1-c1cc(NC(=O)Cc2ccco2)ncn1. The quantitative estimate of drug-likeness (QED) is 0.779. The lowest BCUT2D eigenvalue weighted by Gasteiger charge is -2.09. The molecular weight excluding hydrogens is 313 g/mol. The zero-order chi connectivity index (χ0) is 16.9. The molecule has 0 unspecified atom stereocenters. The standard InChI is InChI=1S/C17H14FN3O3/c1-23-15-5-4-11(18)7-13(15)14-9-16(20-10-19-14)21-17(22)8-12-3-2-6-24-12/h2-7,9-10H,8H2,1H3,(H,19,20,21,22). The highest BCUT2D eigenvalue weighted by Crippen LogP contribution is 2.29. The highest BCUT2D eigenvalue weighted by molar-refractivity contribution is 5.91. The van der Waals surface area contributed by atoms with Crippen LogP contribution < -0.4 is 10.1 Å². The summed E-state index contributed by atoms with van der Waals surface area (Å²) in [6.45, 7) is 0. The topological polar surface area (TPSA) is 77.2 Å². The van der Waals surface area contributed by atoms with E-state index in [9.17, 15) is 9.18 Å². The van der Waals surface area contributed by atoms with E-state index in [0.29, 0.717) is 28.6 Å². The van der Waals surface area contributed by atoms with Crippen LogP contribution >= 0.6 is 0 Å². The Balaban J connectivity index is 1.82. The van der Waals surface area contributed by atoms with Crippen LogP contribution in [0.5, 0.6) is 5.75 Å². The number of carbonyl (C=O) groups excluding carboxylic acids is 1. The summed E-state index contributed by atoms with van der Waals surface area (Å²) in [5, 5.41) is 2.66. The molecule has 1 amide bonds. The number of nitrogens with one attached hydrogen (secondary N) is 1. The van der Waals surface area contributed by atoms with Crippen LogP contribution in [0.1, 0.15) is 5.76 Å². The normalized spacial score (nSPS) is 10.4. The fourth-order valence-electron chi connectivity index (χ4n) is 2.21. The Bertz CT molecular complexity index is 850. The second kappa shape index (κ2) is 6.91. The van der Waals surface area contributed by atoms with Gasteiger partial charge in [0, 0.05) is 11.6 Å². The summed E-state index contributed by atoms with van der Waals surface area (Å²) in [6.07, 6.45) is 2.89. The fraction of sp³-hybridized carbons (Fsp3) is 0.118. The third-order valence-electron chi connectivity index (χ3n) is 3.29. The van der Waals surface area contributed by atoms with Crippen LogP contribution in [0.2, 0.25) is 0 Å². The van der Waals surface area contributed by atoms with Crippen LogP contribution in [0.3, 0.4) is 0 Å². The number of hydrogen-bond acceptors (Lipinski definition) is 5. The molecule has 2 aromatic heterocycles. The Morgan fingerprint density at radius 3 is 2.92 bits per heavy atom. The lowest BCUT2D eigenvalue weighted by Crippen LogP contribution is -2.15. The van der Waals surface area contributed by atoms with E-state index in [1.807, 2.05) is 0 Å². The van der Waals surface area contributed by atoms with E-state index >= 15 is 0 Å². The maximum Gasteiger partial charge on any atom is 0.233 e. The molecule has 1 N–H and O–H groups in total. The molecule has 0 bridgehead atoms. The van der Waals surface area contributed by atoms with E-state index < -0.39 is 5.82 Å². The van der Waals surface area contributed by atoms with E-state index in [0.717, 1.165) is 0 Å². The predicted molar refractivity (Wildman–Crippen MR) is 85.0 cm³/mol. The maximum absolute atomic E-state index is 13.5. The van der Waals surface area contributed by atoms with Gasteiger partial charge in [0.05, 0.1) is 25.5 Å². The predicted octanol–water partition coefficient (Wildman–Crippen LogP) is 3.07. The van der Waals surface area contributed by atoms with Gasteiger partial charge in [-0.1, -0.05) is 0 Å². The van der Waals surface area contributed by atoms with Crippen LogP contribution in [0.25, 0.3) is 11.3 Å². The van der Waals surface area contributed by atoms with Gasteiger partial charge in [-0.15, -0.1) is 0 Å². The smallest absolute Gasteiger partial charge is 0.233 e. The van der Waals surface area contributed by atoms with Crippen molar-refractivity contribution in [3.05, 3.63) is 60.6 Å². The molecule has 122 valence electrons. The lowest BCUT2D eigenvalue weighted by atomic mass is 10.1. The number of ether oxygens (including phenoxy) is 1. The molecule has 3 aromatic rings. The van der Waals surface area contributed by atoms with Crippen molar-refractivity contribution in [1.29, 1.82) is 0 Å². The van der Waals surface area contributed by atoms with Crippen LogP contribution in [-0.2, 0) is 11.2 Å². The zero-order valence-electron chi connectivity index (χ0n) is 12.8. The Labute approximate surface area is 137 Å². The monoisotopic (exact) mass is 327 g/mol. The number of aromatic nitrogens is 2. The molecule has 0 fully saturated rings. The minimum absolute atomic E-state index is 0.0929. The van der Waals surface area contributed by atoms with Gasteiger partial charge in [0.25, 0.3) is 0 Å². The summed E-state index contributed by atoms with van der Waals surface area (Å²) < 4.78 is 23.9. The van der Waals surface area contributed by atoms with Gasteiger partial charge in [-0.2, -0.15) is 0 Å². The highest BCUT2D eigenvalue weighted by Gasteiger charge is 2.12. The third kappa shape index (κ3) is 3.57. The van der Waals surface area contributed by atoms with Crippen molar-refractivity contribution in [2.24, 2.45) is 0 Å². The number of furan rings is 1. The summed E-state index contributed by atoms with van der Waals surface area (Å²) in [5.74, 6) is 0.646. The number of carbonyl (C=O) groups is 1. The third-order valence-corrected chi connectivity index (χ3v) is 3.29. The molecular formula is C17H14FN3O3. The molecule has 2 heterocycles. The van der Waals surface area contributed by atoms with Gasteiger partial charge in [0.15, 0.2) is 0 Å². The van der Waals surface area contributed by atoms with Crippen LogP contribution in [0, 0.1) is 5.82 Å². The number of methoxy groups -OCH3 is 1. The second-order valence-corrected chi connectivity index (χ2v) is 4.94. The fourth-order valence-corrected chi connectivity index (χ4v) is 2.21. The number of rotatable bonds is 5. The molecule has 3 rings (SSSR count). The molecule has 0 aliphatic heterocycles.